The molecule has 8 heteroatoms. The molecule has 0 spiro atoms. The predicted octanol–water partition coefficient (Wildman–Crippen LogP) is -1.47. The van der Waals surface area contributed by atoms with Gasteiger partial charge in [-0.3, -0.25) is 14.4 Å². The molecule has 0 aromatic carbocycles. The molecule has 2 amide bonds. The molecule has 0 saturated carbocycles. The van der Waals surface area contributed by atoms with Crippen molar-refractivity contribution < 1.29 is 9.59 Å². The van der Waals surface area contributed by atoms with Crippen LogP contribution in [0.4, 0.5) is 5.82 Å². The maximum absolute atomic E-state index is 11.9. The van der Waals surface area contributed by atoms with Crippen LogP contribution in [0.3, 0.4) is 0 Å². The van der Waals surface area contributed by atoms with E-state index in [0.29, 0.717) is 19.6 Å². The lowest BCUT2D eigenvalue weighted by Crippen LogP contribution is -2.41. The second-order valence-electron chi connectivity index (χ2n) is 4.16. The van der Waals surface area contributed by atoms with E-state index in [-0.39, 0.29) is 11.4 Å². The number of aromatic amines is 1. The quantitative estimate of drug-likeness (QED) is 0.537. The van der Waals surface area contributed by atoms with Crippen molar-refractivity contribution in [2.24, 2.45) is 0 Å². The number of aromatic nitrogens is 2. The Morgan fingerprint density at radius 2 is 2.11 bits per heavy atom. The zero-order chi connectivity index (χ0) is 13.7. The van der Waals surface area contributed by atoms with Crippen molar-refractivity contribution in [1.29, 1.82) is 0 Å². The Morgan fingerprint density at radius 1 is 1.26 bits per heavy atom. The Balaban J connectivity index is 1.96. The molecule has 0 bridgehead atoms. The van der Waals surface area contributed by atoms with Crippen molar-refractivity contribution in [3.63, 3.8) is 0 Å². The molecule has 1 aromatic rings. The van der Waals surface area contributed by atoms with Gasteiger partial charge >= 0.3 is 11.8 Å². The molecule has 0 atom stereocenters. The Morgan fingerprint density at radius 3 is 2.84 bits per heavy atom. The van der Waals surface area contributed by atoms with Gasteiger partial charge in [0, 0.05) is 25.7 Å². The van der Waals surface area contributed by atoms with Crippen molar-refractivity contribution in [1.82, 2.24) is 20.4 Å². The number of carbonyl (C=O) groups is 2. The zero-order valence-corrected chi connectivity index (χ0v) is 10.3. The van der Waals surface area contributed by atoms with Crippen LogP contribution in [0.15, 0.2) is 16.9 Å². The minimum absolute atomic E-state index is 0.144. The molecule has 3 N–H and O–H groups in total. The van der Waals surface area contributed by atoms with Gasteiger partial charge in [0.05, 0.1) is 0 Å². The van der Waals surface area contributed by atoms with Gasteiger partial charge in [0.1, 0.15) is 0 Å². The molecule has 19 heavy (non-hydrogen) atoms. The number of carbonyl (C=O) groups excluding carboxylic acids is 2. The molecular weight excluding hydrogens is 250 g/mol. The predicted molar refractivity (Wildman–Crippen MR) is 67.6 cm³/mol. The summed E-state index contributed by atoms with van der Waals surface area (Å²) in [6.45, 7) is 2.58. The number of H-pyrrole nitrogens is 1. The first-order chi connectivity index (χ1) is 9.16. The fourth-order valence-electron chi connectivity index (χ4n) is 1.78. The van der Waals surface area contributed by atoms with Crippen LogP contribution in [-0.2, 0) is 9.59 Å². The summed E-state index contributed by atoms with van der Waals surface area (Å²) in [6.07, 6.45) is 0.815. The van der Waals surface area contributed by atoms with Crippen molar-refractivity contribution in [3.05, 3.63) is 22.5 Å². The van der Waals surface area contributed by atoms with Gasteiger partial charge in [0.15, 0.2) is 5.82 Å². The van der Waals surface area contributed by atoms with Gasteiger partial charge in [-0.05, 0) is 19.0 Å². The number of amides is 2. The van der Waals surface area contributed by atoms with Crippen LogP contribution in [0.1, 0.15) is 6.42 Å². The summed E-state index contributed by atoms with van der Waals surface area (Å²) >= 11 is 0. The molecule has 1 aromatic heterocycles. The molecule has 102 valence electrons. The summed E-state index contributed by atoms with van der Waals surface area (Å²) in [5.41, 5.74) is -0.372. The van der Waals surface area contributed by atoms with Gasteiger partial charge in [0.2, 0.25) is 0 Å². The van der Waals surface area contributed by atoms with Crippen LogP contribution in [-0.4, -0.2) is 53.1 Å². The van der Waals surface area contributed by atoms with Crippen molar-refractivity contribution in [2.75, 3.05) is 31.5 Å². The largest absolute Gasteiger partial charge is 0.333 e. The summed E-state index contributed by atoms with van der Waals surface area (Å²) < 4.78 is 0. The molecule has 2 heterocycles. The highest BCUT2D eigenvalue weighted by Crippen LogP contribution is 2.00. The van der Waals surface area contributed by atoms with Gasteiger partial charge in [-0.2, -0.15) is 5.10 Å². The molecule has 0 unspecified atom stereocenters. The molecule has 2 rings (SSSR count). The van der Waals surface area contributed by atoms with E-state index in [4.69, 9.17) is 0 Å². The van der Waals surface area contributed by atoms with Gasteiger partial charge in [-0.1, -0.05) is 0 Å². The fraction of sp³-hybridized carbons (Fsp3) is 0.455. The summed E-state index contributed by atoms with van der Waals surface area (Å²) in [6, 6.07) is 2.57. The number of hydrogen-bond donors (Lipinski definition) is 3. The van der Waals surface area contributed by atoms with E-state index in [1.807, 2.05) is 0 Å². The molecule has 0 radical (unpaired) electrons. The van der Waals surface area contributed by atoms with E-state index in [1.165, 1.54) is 17.0 Å². The lowest BCUT2D eigenvalue weighted by atomic mass is 10.3. The molecule has 1 fully saturated rings. The first-order valence-corrected chi connectivity index (χ1v) is 6.03. The normalized spacial score (nSPS) is 15.7. The fourth-order valence-corrected chi connectivity index (χ4v) is 1.78. The van der Waals surface area contributed by atoms with Crippen LogP contribution >= 0.6 is 0 Å². The van der Waals surface area contributed by atoms with Crippen LogP contribution in [0.2, 0.25) is 0 Å². The molecule has 1 aliphatic rings. The standard InChI is InChI=1S/C11H15N5O3/c17-9-3-2-8(14-15-9)13-10(18)11(19)16-6-1-4-12-5-7-16/h2-3,12H,1,4-7H2,(H,15,17)(H,13,14,18). The molecule has 1 saturated heterocycles. The summed E-state index contributed by atoms with van der Waals surface area (Å²) in [5.74, 6) is -1.19. The van der Waals surface area contributed by atoms with Crippen molar-refractivity contribution in [3.8, 4) is 0 Å². The SMILES string of the molecule is O=C(Nc1ccc(=O)[nH]n1)C(=O)N1CCCNCC1. The number of anilines is 1. The highest BCUT2D eigenvalue weighted by atomic mass is 16.2. The first kappa shape index (κ1) is 13.2. The maximum atomic E-state index is 11.9. The van der Waals surface area contributed by atoms with E-state index < -0.39 is 11.8 Å². The summed E-state index contributed by atoms with van der Waals surface area (Å²) in [5, 5.41) is 11.3. The third-order valence-electron chi connectivity index (χ3n) is 2.74. The second kappa shape index (κ2) is 6.10. The zero-order valence-electron chi connectivity index (χ0n) is 10.3. The number of hydrogen-bond acceptors (Lipinski definition) is 5. The van der Waals surface area contributed by atoms with E-state index in [1.54, 1.807) is 0 Å². The van der Waals surface area contributed by atoms with Crippen LogP contribution in [0, 0.1) is 0 Å². The lowest BCUT2D eigenvalue weighted by Gasteiger charge is -2.18. The summed E-state index contributed by atoms with van der Waals surface area (Å²) in [4.78, 5) is 36.0. The first-order valence-electron chi connectivity index (χ1n) is 6.03. The van der Waals surface area contributed by atoms with Crippen molar-refractivity contribution in [2.45, 2.75) is 6.42 Å². The van der Waals surface area contributed by atoms with Gasteiger partial charge in [0.25, 0.3) is 5.56 Å². The third-order valence-corrected chi connectivity index (χ3v) is 2.74. The minimum atomic E-state index is -0.749. The van der Waals surface area contributed by atoms with E-state index in [0.717, 1.165) is 13.0 Å². The Kier molecular flexibility index (Phi) is 4.24. The maximum Gasteiger partial charge on any atom is 0.315 e. The van der Waals surface area contributed by atoms with Gasteiger partial charge in [-0.15, -0.1) is 0 Å². The van der Waals surface area contributed by atoms with E-state index in [9.17, 15) is 14.4 Å². The highest BCUT2D eigenvalue weighted by Gasteiger charge is 2.22. The van der Waals surface area contributed by atoms with E-state index >= 15 is 0 Å². The number of nitrogens with zero attached hydrogens (tertiary/aromatic N) is 2. The monoisotopic (exact) mass is 265 g/mol. The summed E-state index contributed by atoms with van der Waals surface area (Å²) in [7, 11) is 0. The van der Waals surface area contributed by atoms with Gasteiger partial charge < -0.3 is 15.5 Å². The van der Waals surface area contributed by atoms with Crippen molar-refractivity contribution >= 4 is 17.6 Å². The Hall–Kier alpha value is -2.22. The Bertz CT molecular complexity index is 499. The van der Waals surface area contributed by atoms with Gasteiger partial charge in [-0.25, -0.2) is 5.10 Å². The minimum Gasteiger partial charge on any atom is -0.333 e. The topological polar surface area (TPSA) is 107 Å². The average Bonchev–Trinajstić information content (AvgIpc) is 2.69. The van der Waals surface area contributed by atoms with Crippen LogP contribution in [0.25, 0.3) is 0 Å². The van der Waals surface area contributed by atoms with Crippen LogP contribution in [0.5, 0.6) is 0 Å². The van der Waals surface area contributed by atoms with E-state index in [2.05, 4.69) is 20.8 Å². The molecular formula is C11H15N5O3. The number of nitrogens with one attached hydrogen (secondary N) is 3. The highest BCUT2D eigenvalue weighted by molar-refractivity contribution is 6.39. The lowest BCUT2D eigenvalue weighted by molar-refractivity contribution is -0.143. The third kappa shape index (κ3) is 3.62. The molecule has 8 nitrogen and oxygen atoms in total. The molecule has 0 aliphatic carbocycles. The smallest absolute Gasteiger partial charge is 0.315 e. The Labute approximate surface area is 109 Å². The number of rotatable bonds is 1. The molecule has 1 aliphatic heterocycles. The second-order valence-corrected chi connectivity index (χ2v) is 4.16. The average molecular weight is 265 g/mol. The van der Waals surface area contributed by atoms with Crippen LogP contribution < -0.4 is 16.2 Å².